The standard InChI is InChI=1S/C18H10N2OS2/c21-23-15-9-19-13-7-3-1-5-11(13)17(15)22-18-12-6-2-4-8-14(12)20-10-16(18)23/h1-10H. The minimum absolute atomic E-state index is 0.776. The van der Waals surface area contributed by atoms with E-state index in [-0.39, 0.29) is 0 Å². The molecule has 5 heteroatoms. The van der Waals surface area contributed by atoms with E-state index in [1.807, 2.05) is 48.5 Å². The zero-order chi connectivity index (χ0) is 15.4. The molecular formula is C18H10N2OS2. The molecule has 2 aromatic carbocycles. The smallest absolute Gasteiger partial charge is 0.0904 e. The Morgan fingerprint density at radius 2 is 1.22 bits per heavy atom. The van der Waals surface area contributed by atoms with Crippen LogP contribution in [0, 0.1) is 0 Å². The van der Waals surface area contributed by atoms with Crippen LogP contribution in [-0.2, 0) is 10.8 Å². The van der Waals surface area contributed by atoms with Gasteiger partial charge in [0.2, 0.25) is 0 Å². The van der Waals surface area contributed by atoms with E-state index >= 15 is 0 Å². The molecule has 0 amide bonds. The Balaban J connectivity index is 1.87. The maximum Gasteiger partial charge on any atom is 0.0904 e. The number of para-hydroxylation sites is 2. The molecule has 0 bridgehead atoms. The van der Waals surface area contributed by atoms with Gasteiger partial charge in [-0.05, 0) is 12.1 Å². The van der Waals surface area contributed by atoms with Crippen molar-refractivity contribution in [2.24, 2.45) is 0 Å². The predicted octanol–water partition coefficient (Wildman–Crippen LogP) is 4.41. The van der Waals surface area contributed by atoms with E-state index in [1.54, 1.807) is 24.2 Å². The Hall–Kier alpha value is -2.24. The number of benzene rings is 2. The maximum absolute atomic E-state index is 13.0. The van der Waals surface area contributed by atoms with Crippen molar-refractivity contribution in [3.05, 3.63) is 60.9 Å². The van der Waals surface area contributed by atoms with E-state index in [4.69, 9.17) is 0 Å². The fourth-order valence-electron chi connectivity index (χ4n) is 2.89. The summed E-state index contributed by atoms with van der Waals surface area (Å²) in [6.07, 6.45) is 3.47. The number of hydrogen-bond donors (Lipinski definition) is 0. The van der Waals surface area contributed by atoms with Crippen LogP contribution in [0.5, 0.6) is 0 Å². The summed E-state index contributed by atoms with van der Waals surface area (Å²) < 4.78 is 13.0. The van der Waals surface area contributed by atoms with E-state index in [2.05, 4.69) is 9.97 Å². The van der Waals surface area contributed by atoms with Crippen molar-refractivity contribution in [2.75, 3.05) is 0 Å². The summed E-state index contributed by atoms with van der Waals surface area (Å²) in [4.78, 5) is 12.5. The summed E-state index contributed by atoms with van der Waals surface area (Å²) >= 11 is 1.67. The third kappa shape index (κ3) is 1.87. The van der Waals surface area contributed by atoms with Crippen LogP contribution in [-0.4, -0.2) is 14.2 Å². The minimum Gasteiger partial charge on any atom is -0.255 e. The van der Waals surface area contributed by atoms with Crippen molar-refractivity contribution >= 4 is 44.4 Å². The van der Waals surface area contributed by atoms with Crippen LogP contribution in [0.15, 0.2) is 80.5 Å². The first kappa shape index (κ1) is 13.2. The normalized spacial score (nSPS) is 13.9. The molecule has 0 radical (unpaired) electrons. The van der Waals surface area contributed by atoms with Gasteiger partial charge in [0, 0.05) is 33.0 Å². The van der Waals surface area contributed by atoms with E-state index in [9.17, 15) is 4.21 Å². The van der Waals surface area contributed by atoms with Gasteiger partial charge in [0.25, 0.3) is 0 Å². The summed E-state index contributed by atoms with van der Waals surface area (Å²) in [6, 6.07) is 16.0. The van der Waals surface area contributed by atoms with E-state index in [0.717, 1.165) is 41.4 Å². The van der Waals surface area contributed by atoms with Crippen molar-refractivity contribution in [1.29, 1.82) is 0 Å². The molecule has 0 spiro atoms. The lowest BCUT2D eigenvalue weighted by Crippen LogP contribution is -2.05. The Morgan fingerprint density at radius 1 is 0.739 bits per heavy atom. The van der Waals surface area contributed by atoms with Crippen LogP contribution < -0.4 is 0 Å². The zero-order valence-corrected chi connectivity index (χ0v) is 13.5. The average molecular weight is 334 g/mol. The van der Waals surface area contributed by atoms with Gasteiger partial charge in [-0.2, -0.15) is 0 Å². The lowest BCUT2D eigenvalue weighted by molar-refractivity contribution is 0.679. The van der Waals surface area contributed by atoms with Gasteiger partial charge in [-0.3, -0.25) is 9.97 Å². The molecular weight excluding hydrogens is 324 g/mol. The number of fused-ring (bicyclic) bond motifs is 6. The lowest BCUT2D eigenvalue weighted by Gasteiger charge is -2.20. The van der Waals surface area contributed by atoms with Crippen LogP contribution >= 0.6 is 11.8 Å². The molecule has 0 fully saturated rings. The summed E-state index contributed by atoms with van der Waals surface area (Å²) in [7, 11) is -1.25. The highest BCUT2D eigenvalue weighted by Gasteiger charge is 2.27. The highest BCUT2D eigenvalue weighted by Crippen LogP contribution is 2.47. The van der Waals surface area contributed by atoms with E-state index in [1.165, 1.54) is 0 Å². The lowest BCUT2D eigenvalue weighted by atomic mass is 10.2. The van der Waals surface area contributed by atoms with Gasteiger partial charge in [0.05, 0.1) is 31.6 Å². The SMILES string of the molecule is O=S1c2cnc3ccccc3c2Sc2c1cnc1ccccc21. The van der Waals surface area contributed by atoms with E-state index < -0.39 is 10.8 Å². The Bertz CT molecular complexity index is 1040. The van der Waals surface area contributed by atoms with Gasteiger partial charge in [-0.1, -0.05) is 48.2 Å². The van der Waals surface area contributed by atoms with Crippen LogP contribution in [0.25, 0.3) is 21.8 Å². The quantitative estimate of drug-likeness (QED) is 0.420. The Morgan fingerprint density at radius 3 is 1.74 bits per heavy atom. The number of aromatic nitrogens is 2. The summed E-state index contributed by atoms with van der Waals surface area (Å²) in [5.74, 6) is 0. The predicted molar refractivity (Wildman–Crippen MR) is 92.3 cm³/mol. The second-order valence-electron chi connectivity index (χ2n) is 5.31. The fraction of sp³-hybridized carbons (Fsp3) is 0. The van der Waals surface area contributed by atoms with Gasteiger partial charge in [-0.25, -0.2) is 4.21 Å². The largest absolute Gasteiger partial charge is 0.255 e. The summed E-state index contributed by atoms with van der Waals surface area (Å²) in [5, 5.41) is 2.10. The fourth-order valence-corrected chi connectivity index (χ4v) is 5.76. The van der Waals surface area contributed by atoms with Gasteiger partial charge in [-0.15, -0.1) is 0 Å². The first-order chi connectivity index (χ1) is 11.3. The molecule has 0 unspecified atom stereocenters. The first-order valence-electron chi connectivity index (χ1n) is 7.18. The summed E-state index contributed by atoms with van der Waals surface area (Å²) in [5.41, 5.74) is 1.86. The van der Waals surface area contributed by atoms with Crippen molar-refractivity contribution in [3.8, 4) is 0 Å². The van der Waals surface area contributed by atoms with Gasteiger partial charge in [0.15, 0.2) is 0 Å². The Kier molecular flexibility index (Phi) is 2.80. The molecule has 23 heavy (non-hydrogen) atoms. The van der Waals surface area contributed by atoms with Crippen LogP contribution in [0.4, 0.5) is 0 Å². The average Bonchev–Trinajstić information content (AvgIpc) is 2.61. The zero-order valence-electron chi connectivity index (χ0n) is 11.9. The van der Waals surface area contributed by atoms with Gasteiger partial charge in [0.1, 0.15) is 0 Å². The molecule has 4 aromatic rings. The highest BCUT2D eigenvalue weighted by molar-refractivity contribution is 8.01. The van der Waals surface area contributed by atoms with E-state index in [0.29, 0.717) is 0 Å². The molecule has 110 valence electrons. The number of pyridine rings is 2. The monoisotopic (exact) mass is 334 g/mol. The number of hydrogen-bond acceptors (Lipinski definition) is 4. The second-order valence-corrected chi connectivity index (χ2v) is 7.75. The molecule has 0 N–H and O–H groups in total. The molecule has 0 aliphatic carbocycles. The van der Waals surface area contributed by atoms with Crippen molar-refractivity contribution in [1.82, 2.24) is 9.97 Å². The maximum atomic E-state index is 13.0. The van der Waals surface area contributed by atoms with Gasteiger partial charge < -0.3 is 0 Å². The third-order valence-electron chi connectivity index (χ3n) is 3.99. The van der Waals surface area contributed by atoms with Crippen molar-refractivity contribution < 1.29 is 4.21 Å². The first-order valence-corrected chi connectivity index (χ1v) is 9.15. The topological polar surface area (TPSA) is 42.9 Å². The molecule has 0 saturated carbocycles. The Labute approximate surface area is 139 Å². The molecule has 1 aliphatic rings. The minimum atomic E-state index is -1.25. The van der Waals surface area contributed by atoms with Crippen LogP contribution in [0.2, 0.25) is 0 Å². The highest BCUT2D eigenvalue weighted by atomic mass is 32.2. The molecule has 1 aliphatic heterocycles. The molecule has 3 nitrogen and oxygen atoms in total. The molecule has 0 atom stereocenters. The number of rotatable bonds is 0. The second kappa shape index (κ2) is 4.88. The van der Waals surface area contributed by atoms with Crippen molar-refractivity contribution in [2.45, 2.75) is 19.6 Å². The molecule has 3 heterocycles. The summed E-state index contributed by atoms with van der Waals surface area (Å²) in [6.45, 7) is 0. The van der Waals surface area contributed by atoms with Crippen LogP contribution in [0.3, 0.4) is 0 Å². The van der Waals surface area contributed by atoms with Crippen molar-refractivity contribution in [3.63, 3.8) is 0 Å². The molecule has 0 saturated heterocycles. The molecule has 5 rings (SSSR count). The van der Waals surface area contributed by atoms with Crippen LogP contribution in [0.1, 0.15) is 0 Å². The molecule has 2 aromatic heterocycles. The number of nitrogens with zero attached hydrogens (tertiary/aromatic N) is 2. The van der Waals surface area contributed by atoms with Gasteiger partial charge >= 0.3 is 0 Å². The third-order valence-corrected chi connectivity index (χ3v) is 6.95.